The molecule has 1 nitrogen and oxygen atoms in total. The van der Waals surface area contributed by atoms with Gasteiger partial charge in [-0.05, 0) is 37.0 Å². The predicted molar refractivity (Wildman–Crippen MR) is 92.6 cm³/mol. The van der Waals surface area contributed by atoms with E-state index in [1.54, 1.807) is 0 Å². The smallest absolute Gasteiger partial charge is 0.0100 e. The first kappa shape index (κ1) is 16.8. The Morgan fingerprint density at radius 2 is 1.60 bits per heavy atom. The number of hydrogen-bond donors (Lipinski definition) is 0. The van der Waals surface area contributed by atoms with Crippen LogP contribution in [0, 0.1) is 11.3 Å². The molecule has 0 spiro atoms. The Morgan fingerprint density at radius 1 is 1.00 bits per heavy atom. The first-order valence-electron chi connectivity index (χ1n) is 8.95. The van der Waals surface area contributed by atoms with Crippen molar-refractivity contribution in [3.63, 3.8) is 0 Å². The Labute approximate surface area is 135 Å². The van der Waals surface area contributed by atoms with Crippen LogP contribution in [-0.4, -0.2) is 29.4 Å². The second-order valence-corrected chi connectivity index (χ2v) is 8.37. The van der Waals surface area contributed by atoms with Gasteiger partial charge in [-0.3, -0.25) is 4.90 Å². The van der Waals surface area contributed by atoms with Crippen molar-refractivity contribution in [1.82, 2.24) is 4.90 Å². The van der Waals surface area contributed by atoms with Gasteiger partial charge in [-0.25, -0.2) is 0 Å². The maximum absolute atomic E-state index is 3.88. The third kappa shape index (κ3) is 4.73. The molecule has 0 atom stereocenters. The summed E-state index contributed by atoms with van der Waals surface area (Å²) < 4.78 is 0. The molecule has 2 fully saturated rings. The van der Waals surface area contributed by atoms with Crippen molar-refractivity contribution >= 4 is 15.9 Å². The summed E-state index contributed by atoms with van der Waals surface area (Å²) in [7, 11) is 0. The van der Waals surface area contributed by atoms with E-state index in [4.69, 9.17) is 0 Å². The zero-order chi connectivity index (χ0) is 14.4. The van der Waals surface area contributed by atoms with Gasteiger partial charge in [-0.2, -0.15) is 0 Å². The topological polar surface area (TPSA) is 3.24 Å². The third-order valence-corrected chi connectivity index (χ3v) is 6.62. The highest BCUT2D eigenvalue weighted by molar-refractivity contribution is 9.09. The summed E-state index contributed by atoms with van der Waals surface area (Å²) in [6, 6.07) is 0.886. The van der Waals surface area contributed by atoms with Gasteiger partial charge in [0.15, 0.2) is 0 Å². The predicted octanol–water partition coefficient (Wildman–Crippen LogP) is 5.62. The van der Waals surface area contributed by atoms with Crippen LogP contribution >= 0.6 is 15.9 Å². The largest absolute Gasteiger partial charge is 0.300 e. The maximum atomic E-state index is 3.88. The van der Waals surface area contributed by atoms with E-state index in [1.807, 2.05) is 0 Å². The molecule has 118 valence electrons. The van der Waals surface area contributed by atoms with E-state index < -0.39 is 0 Å². The average molecular weight is 344 g/mol. The lowest BCUT2D eigenvalue weighted by atomic mass is 9.81. The second kappa shape index (κ2) is 8.17. The number of alkyl halides is 1. The highest BCUT2D eigenvalue weighted by Gasteiger charge is 2.34. The molecule has 2 saturated carbocycles. The Morgan fingerprint density at radius 3 is 2.10 bits per heavy atom. The molecular formula is C18H34BrN. The van der Waals surface area contributed by atoms with Gasteiger partial charge in [0.1, 0.15) is 0 Å². The van der Waals surface area contributed by atoms with Crippen LogP contribution < -0.4 is 0 Å². The zero-order valence-electron chi connectivity index (χ0n) is 13.7. The van der Waals surface area contributed by atoms with E-state index in [0.29, 0.717) is 5.41 Å². The highest BCUT2D eigenvalue weighted by atomic mass is 79.9. The molecule has 0 aromatic carbocycles. The van der Waals surface area contributed by atoms with E-state index in [-0.39, 0.29) is 0 Å². The highest BCUT2D eigenvalue weighted by Crippen LogP contribution is 2.39. The van der Waals surface area contributed by atoms with Crippen molar-refractivity contribution in [3.8, 4) is 0 Å². The zero-order valence-corrected chi connectivity index (χ0v) is 15.3. The van der Waals surface area contributed by atoms with E-state index in [1.165, 1.54) is 82.6 Å². The van der Waals surface area contributed by atoms with Gasteiger partial charge < -0.3 is 0 Å². The fourth-order valence-electron chi connectivity index (χ4n) is 4.32. The van der Waals surface area contributed by atoms with Crippen molar-refractivity contribution in [1.29, 1.82) is 0 Å². The Bertz CT molecular complexity index is 263. The lowest BCUT2D eigenvalue weighted by Crippen LogP contribution is -2.45. The van der Waals surface area contributed by atoms with E-state index in [2.05, 4.69) is 34.7 Å². The molecule has 0 aromatic rings. The third-order valence-electron chi connectivity index (χ3n) is 5.43. The summed E-state index contributed by atoms with van der Waals surface area (Å²) in [5.74, 6) is 0.800. The van der Waals surface area contributed by atoms with E-state index >= 15 is 0 Å². The molecule has 0 aliphatic heterocycles. The molecule has 0 heterocycles. The van der Waals surface area contributed by atoms with Crippen molar-refractivity contribution in [2.75, 3.05) is 18.4 Å². The molecule has 20 heavy (non-hydrogen) atoms. The van der Waals surface area contributed by atoms with Crippen molar-refractivity contribution in [2.24, 2.45) is 11.3 Å². The Balaban J connectivity index is 2.02. The number of nitrogens with zero attached hydrogens (tertiary/aromatic N) is 1. The lowest BCUT2D eigenvalue weighted by molar-refractivity contribution is 0.0995. The minimum Gasteiger partial charge on any atom is -0.300 e. The average Bonchev–Trinajstić information content (AvgIpc) is 2.85. The fourth-order valence-corrected chi connectivity index (χ4v) is 5.06. The number of halogens is 1. The monoisotopic (exact) mass is 343 g/mol. The summed E-state index contributed by atoms with van der Waals surface area (Å²) in [4.78, 5) is 2.88. The van der Waals surface area contributed by atoms with Gasteiger partial charge in [0.25, 0.3) is 0 Å². The van der Waals surface area contributed by atoms with Gasteiger partial charge in [-0.1, -0.05) is 68.3 Å². The first-order chi connectivity index (χ1) is 9.65. The van der Waals surface area contributed by atoms with E-state index in [9.17, 15) is 0 Å². The van der Waals surface area contributed by atoms with Crippen molar-refractivity contribution in [2.45, 2.75) is 84.1 Å². The van der Waals surface area contributed by atoms with Crippen LogP contribution in [0.2, 0.25) is 0 Å². The van der Waals surface area contributed by atoms with E-state index in [0.717, 1.165) is 12.0 Å². The lowest BCUT2D eigenvalue weighted by Gasteiger charge is -2.40. The van der Waals surface area contributed by atoms with Crippen LogP contribution in [-0.2, 0) is 0 Å². The molecule has 0 saturated heterocycles. The van der Waals surface area contributed by atoms with Gasteiger partial charge in [0.2, 0.25) is 0 Å². The normalized spacial score (nSPS) is 24.4. The van der Waals surface area contributed by atoms with Gasteiger partial charge in [0, 0.05) is 24.5 Å². The first-order valence-corrected chi connectivity index (χ1v) is 10.1. The Hall–Kier alpha value is 0.440. The molecule has 2 aliphatic rings. The van der Waals surface area contributed by atoms with Crippen molar-refractivity contribution < 1.29 is 0 Å². The molecule has 2 aliphatic carbocycles. The molecule has 2 heteroatoms. The molecule has 2 rings (SSSR count). The fraction of sp³-hybridized carbons (Fsp3) is 1.00. The molecule has 0 N–H and O–H groups in total. The summed E-state index contributed by atoms with van der Waals surface area (Å²) >= 11 is 3.88. The number of hydrogen-bond acceptors (Lipinski definition) is 1. The molecule has 0 unspecified atom stereocenters. The minimum atomic E-state index is 0.563. The van der Waals surface area contributed by atoms with Gasteiger partial charge >= 0.3 is 0 Å². The van der Waals surface area contributed by atoms with Crippen LogP contribution in [0.1, 0.15) is 78.1 Å². The van der Waals surface area contributed by atoms with Crippen LogP contribution in [0.3, 0.4) is 0 Å². The SMILES string of the molecule is CC(C)CN(CC1(CBr)CCCCCC1)C1CCCC1. The van der Waals surface area contributed by atoms with Crippen LogP contribution in [0.5, 0.6) is 0 Å². The number of rotatable bonds is 6. The maximum Gasteiger partial charge on any atom is 0.0100 e. The van der Waals surface area contributed by atoms with Crippen molar-refractivity contribution in [3.05, 3.63) is 0 Å². The van der Waals surface area contributed by atoms with Crippen LogP contribution in [0.25, 0.3) is 0 Å². The van der Waals surface area contributed by atoms with Gasteiger partial charge in [-0.15, -0.1) is 0 Å². The standard InChI is InChI=1S/C18H34BrN/c1-16(2)13-20(17-9-5-6-10-17)15-18(14-19)11-7-3-4-8-12-18/h16-17H,3-15H2,1-2H3. The van der Waals surface area contributed by atoms with Crippen LogP contribution in [0.4, 0.5) is 0 Å². The molecule has 0 aromatic heterocycles. The van der Waals surface area contributed by atoms with Crippen LogP contribution in [0.15, 0.2) is 0 Å². The summed E-state index contributed by atoms with van der Waals surface area (Å²) in [5.41, 5.74) is 0.563. The quantitative estimate of drug-likeness (QED) is 0.446. The Kier molecular flexibility index (Phi) is 6.87. The summed E-state index contributed by atoms with van der Waals surface area (Å²) in [6.45, 7) is 7.42. The summed E-state index contributed by atoms with van der Waals surface area (Å²) in [6.07, 6.45) is 14.5. The summed E-state index contributed by atoms with van der Waals surface area (Å²) in [5, 5.41) is 1.21. The molecule has 0 amide bonds. The minimum absolute atomic E-state index is 0.563. The molecular weight excluding hydrogens is 310 g/mol. The molecule has 0 radical (unpaired) electrons. The van der Waals surface area contributed by atoms with Gasteiger partial charge in [0.05, 0.1) is 0 Å². The second-order valence-electron chi connectivity index (χ2n) is 7.81. The molecule has 0 bridgehead atoms.